The summed E-state index contributed by atoms with van der Waals surface area (Å²) < 4.78 is 0. The zero-order chi connectivity index (χ0) is 16.0. The minimum absolute atomic E-state index is 0.149. The van der Waals surface area contributed by atoms with Gasteiger partial charge in [0.05, 0.1) is 5.02 Å². The molecule has 21 heavy (non-hydrogen) atoms. The number of phenols is 2. The van der Waals surface area contributed by atoms with Crippen LogP contribution in [0, 0.1) is 0 Å². The summed E-state index contributed by atoms with van der Waals surface area (Å²) in [6, 6.07) is 12.6. The van der Waals surface area contributed by atoms with Gasteiger partial charge in [0, 0.05) is 0 Å². The normalized spacial score (nSPS) is 10.4. The Morgan fingerprint density at radius 1 is 0.762 bits per heavy atom. The van der Waals surface area contributed by atoms with Crippen LogP contribution in [0.25, 0.3) is 0 Å². The maximum atomic E-state index is 9.09. The Bertz CT molecular complexity index is 560. The van der Waals surface area contributed by atoms with Crippen LogP contribution in [0.5, 0.6) is 11.5 Å². The van der Waals surface area contributed by atoms with E-state index in [1.54, 1.807) is 24.3 Å². The summed E-state index contributed by atoms with van der Waals surface area (Å²) in [4.78, 5) is 0. The summed E-state index contributed by atoms with van der Waals surface area (Å²) >= 11 is 5.71. The standard InChI is InChI=1S/C9H11ClO.C9H12O/c1-6(2)7-3-4-9(11)8(10)5-7;1-7(2)8-3-5-9(10)6-4-8/h3-6,11H,1-2H3;3-7,10H,1-2H3. The molecule has 0 amide bonds. The largest absolute Gasteiger partial charge is 0.508 e. The van der Waals surface area contributed by atoms with Gasteiger partial charge in [-0.05, 0) is 47.2 Å². The molecule has 3 heteroatoms. The first-order valence-electron chi connectivity index (χ1n) is 7.08. The molecule has 0 aliphatic rings. The van der Waals surface area contributed by atoms with Gasteiger partial charge < -0.3 is 10.2 Å². The summed E-state index contributed by atoms with van der Waals surface area (Å²) in [6.07, 6.45) is 0. The second-order valence-electron chi connectivity index (χ2n) is 5.61. The first-order chi connectivity index (χ1) is 9.81. The lowest BCUT2D eigenvalue weighted by atomic mass is 10.0. The molecule has 114 valence electrons. The lowest BCUT2D eigenvalue weighted by molar-refractivity contribution is 0.474. The third kappa shape index (κ3) is 5.68. The fourth-order valence-corrected chi connectivity index (χ4v) is 1.93. The minimum atomic E-state index is 0.149. The minimum Gasteiger partial charge on any atom is -0.508 e. The van der Waals surface area contributed by atoms with Crippen LogP contribution in [-0.2, 0) is 0 Å². The molecule has 2 aromatic carbocycles. The van der Waals surface area contributed by atoms with Gasteiger partial charge in [-0.25, -0.2) is 0 Å². The molecule has 2 rings (SSSR count). The smallest absolute Gasteiger partial charge is 0.134 e. The molecule has 0 atom stereocenters. The van der Waals surface area contributed by atoms with Gasteiger partial charge >= 0.3 is 0 Å². The van der Waals surface area contributed by atoms with Gasteiger partial charge in [0.1, 0.15) is 11.5 Å². The zero-order valence-electron chi connectivity index (χ0n) is 13.0. The van der Waals surface area contributed by atoms with Crippen molar-refractivity contribution in [2.45, 2.75) is 39.5 Å². The van der Waals surface area contributed by atoms with Crippen LogP contribution in [0.3, 0.4) is 0 Å². The number of hydrogen-bond donors (Lipinski definition) is 2. The lowest BCUT2D eigenvalue weighted by Gasteiger charge is -2.05. The van der Waals surface area contributed by atoms with Crippen LogP contribution in [0.2, 0.25) is 5.02 Å². The van der Waals surface area contributed by atoms with Crippen LogP contribution in [0.4, 0.5) is 0 Å². The molecule has 0 saturated carbocycles. The van der Waals surface area contributed by atoms with E-state index in [0.29, 0.717) is 22.6 Å². The van der Waals surface area contributed by atoms with Crippen molar-refractivity contribution in [2.75, 3.05) is 0 Å². The summed E-state index contributed by atoms with van der Waals surface area (Å²) in [7, 11) is 0. The predicted octanol–water partition coefficient (Wildman–Crippen LogP) is 5.68. The van der Waals surface area contributed by atoms with Crippen molar-refractivity contribution in [1.82, 2.24) is 0 Å². The molecule has 0 bridgehead atoms. The van der Waals surface area contributed by atoms with Gasteiger partial charge in [-0.2, -0.15) is 0 Å². The Morgan fingerprint density at radius 2 is 1.24 bits per heavy atom. The van der Waals surface area contributed by atoms with Crippen molar-refractivity contribution in [1.29, 1.82) is 0 Å². The van der Waals surface area contributed by atoms with E-state index in [1.165, 1.54) is 5.56 Å². The maximum absolute atomic E-state index is 9.09. The summed E-state index contributed by atoms with van der Waals surface area (Å²) in [6.45, 7) is 8.43. The molecule has 0 saturated heterocycles. The molecule has 0 aromatic heterocycles. The Hall–Kier alpha value is -1.67. The van der Waals surface area contributed by atoms with Crippen molar-refractivity contribution in [2.24, 2.45) is 0 Å². The number of halogens is 1. The lowest BCUT2D eigenvalue weighted by Crippen LogP contribution is -1.85. The van der Waals surface area contributed by atoms with Gasteiger partial charge in [0.25, 0.3) is 0 Å². The van der Waals surface area contributed by atoms with E-state index in [9.17, 15) is 0 Å². The van der Waals surface area contributed by atoms with Gasteiger partial charge in [0.15, 0.2) is 0 Å². The van der Waals surface area contributed by atoms with Crippen LogP contribution in [-0.4, -0.2) is 10.2 Å². The summed E-state index contributed by atoms with van der Waals surface area (Å²) in [5.74, 6) is 1.48. The molecule has 2 nitrogen and oxygen atoms in total. The number of benzene rings is 2. The molecule has 0 aliphatic carbocycles. The van der Waals surface area contributed by atoms with E-state index in [-0.39, 0.29) is 5.75 Å². The van der Waals surface area contributed by atoms with Crippen LogP contribution in [0.15, 0.2) is 42.5 Å². The quantitative estimate of drug-likeness (QED) is 0.749. The molecule has 0 unspecified atom stereocenters. The third-order valence-corrected chi connectivity index (χ3v) is 3.50. The second-order valence-corrected chi connectivity index (χ2v) is 6.02. The highest BCUT2D eigenvalue weighted by Crippen LogP contribution is 2.26. The van der Waals surface area contributed by atoms with Crippen LogP contribution >= 0.6 is 11.6 Å². The van der Waals surface area contributed by atoms with Crippen LogP contribution in [0.1, 0.15) is 50.7 Å². The first-order valence-corrected chi connectivity index (χ1v) is 7.46. The highest BCUT2D eigenvalue weighted by atomic mass is 35.5. The average molecular weight is 307 g/mol. The fraction of sp³-hybridized carbons (Fsp3) is 0.333. The monoisotopic (exact) mass is 306 g/mol. The zero-order valence-corrected chi connectivity index (χ0v) is 13.7. The number of hydrogen-bond acceptors (Lipinski definition) is 2. The molecule has 0 heterocycles. The van der Waals surface area contributed by atoms with Gasteiger partial charge in [-0.3, -0.25) is 0 Å². The Labute approximate surface area is 132 Å². The van der Waals surface area contributed by atoms with Crippen molar-refractivity contribution in [3.63, 3.8) is 0 Å². The van der Waals surface area contributed by atoms with Crippen molar-refractivity contribution in [3.05, 3.63) is 58.6 Å². The number of phenolic OH excluding ortho intramolecular Hbond substituents is 2. The maximum Gasteiger partial charge on any atom is 0.134 e. The van der Waals surface area contributed by atoms with E-state index in [0.717, 1.165) is 5.56 Å². The first kappa shape index (κ1) is 17.4. The molecule has 2 N–H and O–H groups in total. The topological polar surface area (TPSA) is 40.5 Å². The van der Waals surface area contributed by atoms with E-state index in [1.807, 2.05) is 18.2 Å². The Balaban J connectivity index is 0.000000211. The van der Waals surface area contributed by atoms with Gasteiger partial charge in [-0.15, -0.1) is 0 Å². The highest BCUT2D eigenvalue weighted by molar-refractivity contribution is 6.32. The van der Waals surface area contributed by atoms with E-state index < -0.39 is 0 Å². The van der Waals surface area contributed by atoms with Crippen molar-refractivity contribution < 1.29 is 10.2 Å². The number of aromatic hydroxyl groups is 2. The Morgan fingerprint density at radius 3 is 1.67 bits per heavy atom. The van der Waals surface area contributed by atoms with Crippen LogP contribution < -0.4 is 0 Å². The third-order valence-electron chi connectivity index (χ3n) is 3.20. The van der Waals surface area contributed by atoms with Crippen molar-refractivity contribution >= 4 is 11.6 Å². The van der Waals surface area contributed by atoms with E-state index in [2.05, 4.69) is 27.7 Å². The molecular weight excluding hydrogens is 284 g/mol. The molecule has 2 aromatic rings. The predicted molar refractivity (Wildman–Crippen MR) is 89.4 cm³/mol. The SMILES string of the molecule is CC(C)c1ccc(O)c(Cl)c1.CC(C)c1ccc(O)cc1. The molecule has 0 fully saturated rings. The average Bonchev–Trinajstić information content (AvgIpc) is 2.43. The fourth-order valence-electron chi connectivity index (χ4n) is 1.74. The van der Waals surface area contributed by atoms with Gasteiger partial charge in [-0.1, -0.05) is 57.5 Å². The molecule has 0 spiro atoms. The van der Waals surface area contributed by atoms with E-state index >= 15 is 0 Å². The van der Waals surface area contributed by atoms with E-state index in [4.69, 9.17) is 21.8 Å². The summed E-state index contributed by atoms with van der Waals surface area (Å²) in [5.41, 5.74) is 2.41. The highest BCUT2D eigenvalue weighted by Gasteiger charge is 2.02. The molecular formula is C18H23ClO2. The van der Waals surface area contributed by atoms with Gasteiger partial charge in [0.2, 0.25) is 0 Å². The Kier molecular flexibility index (Phi) is 6.57. The van der Waals surface area contributed by atoms with Crippen molar-refractivity contribution in [3.8, 4) is 11.5 Å². The molecule has 0 aliphatic heterocycles. The second kappa shape index (κ2) is 7.94. The molecule has 0 radical (unpaired) electrons. The summed E-state index contributed by atoms with van der Waals surface area (Å²) in [5, 5.41) is 18.5. The number of rotatable bonds is 2.